The number of hydrogen-bond acceptors (Lipinski definition) is 4. The molecule has 0 fully saturated rings. The monoisotopic (exact) mass is 289 g/mol. The topological polar surface area (TPSA) is 87.7 Å². The largest absolute Gasteiger partial charge is 0.334 e. The van der Waals surface area contributed by atoms with E-state index in [2.05, 4.69) is 9.97 Å². The average Bonchev–Trinajstić information content (AvgIpc) is 2.81. The minimum Gasteiger partial charge on any atom is -0.259 e. The first-order chi connectivity index (χ1) is 9.56. The highest BCUT2D eigenvalue weighted by atomic mass is 32.1. The number of rotatable bonds is 2. The van der Waals surface area contributed by atoms with Gasteiger partial charge in [0.2, 0.25) is 0 Å². The van der Waals surface area contributed by atoms with Crippen molar-refractivity contribution in [3.63, 3.8) is 0 Å². The standard InChI is InChI=1S/C13H11N3O3S/c1-7(16-12(18)14-11(17)15-13(16)19)10-6-8-4-2-3-5-9(8)20-10/h2-7H,1H3,(H2,14,15,17,18,19)/t7-/m1/s1. The molecule has 0 saturated carbocycles. The van der Waals surface area contributed by atoms with Gasteiger partial charge in [0, 0.05) is 9.58 Å². The second-order valence-corrected chi connectivity index (χ2v) is 5.54. The van der Waals surface area contributed by atoms with Gasteiger partial charge in [-0.05, 0) is 24.4 Å². The van der Waals surface area contributed by atoms with Crippen LogP contribution in [0.15, 0.2) is 44.7 Å². The summed E-state index contributed by atoms with van der Waals surface area (Å²) in [7, 11) is 0. The Kier molecular flexibility index (Phi) is 2.90. The maximum atomic E-state index is 11.8. The Labute approximate surface area is 116 Å². The van der Waals surface area contributed by atoms with Gasteiger partial charge < -0.3 is 0 Å². The zero-order valence-electron chi connectivity index (χ0n) is 10.5. The summed E-state index contributed by atoms with van der Waals surface area (Å²) in [4.78, 5) is 39.6. The molecule has 3 aromatic rings. The maximum Gasteiger partial charge on any atom is 0.334 e. The highest BCUT2D eigenvalue weighted by Crippen LogP contribution is 2.30. The maximum absolute atomic E-state index is 11.8. The number of hydrogen-bond donors (Lipinski definition) is 2. The van der Waals surface area contributed by atoms with Gasteiger partial charge in [0.15, 0.2) is 0 Å². The van der Waals surface area contributed by atoms with Crippen LogP contribution >= 0.6 is 11.3 Å². The van der Waals surface area contributed by atoms with Gasteiger partial charge in [-0.15, -0.1) is 11.3 Å². The Morgan fingerprint density at radius 2 is 1.75 bits per heavy atom. The number of aromatic amines is 2. The van der Waals surface area contributed by atoms with Crippen LogP contribution in [-0.4, -0.2) is 14.5 Å². The summed E-state index contributed by atoms with van der Waals surface area (Å²) >= 11 is 1.52. The molecular weight excluding hydrogens is 278 g/mol. The smallest absolute Gasteiger partial charge is 0.259 e. The first-order valence-electron chi connectivity index (χ1n) is 6.00. The number of nitrogens with zero attached hydrogens (tertiary/aromatic N) is 1. The molecule has 7 heteroatoms. The molecule has 3 rings (SSSR count). The van der Waals surface area contributed by atoms with Crippen LogP contribution < -0.4 is 17.1 Å². The number of thiophene rings is 1. The van der Waals surface area contributed by atoms with Crippen LogP contribution in [-0.2, 0) is 0 Å². The van der Waals surface area contributed by atoms with Crippen LogP contribution in [0, 0.1) is 0 Å². The average molecular weight is 289 g/mol. The van der Waals surface area contributed by atoms with Gasteiger partial charge in [0.05, 0.1) is 6.04 Å². The summed E-state index contributed by atoms with van der Waals surface area (Å²) in [5, 5.41) is 1.06. The molecule has 0 aliphatic carbocycles. The number of aromatic nitrogens is 3. The van der Waals surface area contributed by atoms with E-state index in [0.29, 0.717) is 0 Å². The van der Waals surface area contributed by atoms with Crippen molar-refractivity contribution in [3.05, 3.63) is 66.7 Å². The Balaban J connectivity index is 2.18. The van der Waals surface area contributed by atoms with Gasteiger partial charge in [-0.25, -0.2) is 19.0 Å². The van der Waals surface area contributed by atoms with Crippen LogP contribution in [0.1, 0.15) is 17.8 Å². The normalized spacial score (nSPS) is 12.7. The van der Waals surface area contributed by atoms with E-state index in [4.69, 9.17) is 0 Å². The number of benzene rings is 1. The molecule has 0 unspecified atom stereocenters. The van der Waals surface area contributed by atoms with Crippen molar-refractivity contribution < 1.29 is 0 Å². The molecule has 102 valence electrons. The Morgan fingerprint density at radius 1 is 1.10 bits per heavy atom. The van der Waals surface area contributed by atoms with E-state index >= 15 is 0 Å². The Hall–Kier alpha value is -2.41. The Bertz CT molecular complexity index is 880. The first kappa shape index (κ1) is 12.6. The summed E-state index contributed by atoms with van der Waals surface area (Å²) in [5.74, 6) is 0. The molecule has 20 heavy (non-hydrogen) atoms. The molecule has 6 nitrogen and oxygen atoms in total. The molecule has 0 bridgehead atoms. The third-order valence-corrected chi connectivity index (χ3v) is 4.41. The summed E-state index contributed by atoms with van der Waals surface area (Å²) < 4.78 is 2.09. The van der Waals surface area contributed by atoms with Gasteiger partial charge in [-0.1, -0.05) is 18.2 Å². The van der Waals surface area contributed by atoms with Crippen LogP contribution in [0.25, 0.3) is 10.1 Å². The SMILES string of the molecule is C[C@H](c1cc2ccccc2s1)n1c(=O)[nH]c(=O)[nH]c1=O. The zero-order chi connectivity index (χ0) is 14.3. The lowest BCUT2D eigenvalue weighted by Crippen LogP contribution is -2.44. The summed E-state index contributed by atoms with van der Waals surface area (Å²) in [6.07, 6.45) is 0. The third kappa shape index (κ3) is 2.01. The molecule has 1 aromatic carbocycles. The van der Waals surface area contributed by atoms with Crippen LogP contribution in [0.2, 0.25) is 0 Å². The summed E-state index contributed by atoms with van der Waals surface area (Å²) in [6, 6.07) is 9.33. The molecule has 0 spiro atoms. The van der Waals surface area contributed by atoms with Crippen molar-refractivity contribution in [1.82, 2.24) is 14.5 Å². The molecule has 2 N–H and O–H groups in total. The molecular formula is C13H11N3O3S. The second kappa shape index (κ2) is 4.61. The molecule has 2 heterocycles. The fraction of sp³-hybridized carbons (Fsp3) is 0.154. The lowest BCUT2D eigenvalue weighted by molar-refractivity contribution is 0.559. The molecule has 0 saturated heterocycles. The summed E-state index contributed by atoms with van der Waals surface area (Å²) in [6.45, 7) is 1.75. The minimum atomic E-state index is -0.792. The van der Waals surface area contributed by atoms with Crippen LogP contribution in [0.5, 0.6) is 0 Å². The predicted molar refractivity (Wildman–Crippen MR) is 77.6 cm³/mol. The van der Waals surface area contributed by atoms with Crippen molar-refractivity contribution in [2.75, 3.05) is 0 Å². The van der Waals surface area contributed by atoms with E-state index in [9.17, 15) is 14.4 Å². The van der Waals surface area contributed by atoms with Gasteiger partial charge in [-0.2, -0.15) is 0 Å². The van der Waals surface area contributed by atoms with Crippen molar-refractivity contribution >= 4 is 21.4 Å². The fourth-order valence-corrected chi connectivity index (χ4v) is 3.23. The second-order valence-electron chi connectivity index (χ2n) is 4.42. The highest BCUT2D eigenvalue weighted by Gasteiger charge is 2.16. The van der Waals surface area contributed by atoms with Crippen molar-refractivity contribution in [2.45, 2.75) is 13.0 Å². The molecule has 2 aromatic heterocycles. The number of fused-ring (bicyclic) bond motifs is 1. The van der Waals surface area contributed by atoms with Crippen molar-refractivity contribution in [1.29, 1.82) is 0 Å². The van der Waals surface area contributed by atoms with E-state index in [-0.39, 0.29) is 0 Å². The van der Waals surface area contributed by atoms with Crippen LogP contribution in [0.4, 0.5) is 0 Å². The van der Waals surface area contributed by atoms with Crippen molar-refractivity contribution in [2.24, 2.45) is 0 Å². The fourth-order valence-electron chi connectivity index (χ4n) is 2.13. The number of H-pyrrole nitrogens is 2. The summed E-state index contributed by atoms with van der Waals surface area (Å²) in [5.41, 5.74) is -2.20. The first-order valence-corrected chi connectivity index (χ1v) is 6.81. The lowest BCUT2D eigenvalue weighted by atomic mass is 10.2. The highest BCUT2D eigenvalue weighted by molar-refractivity contribution is 7.19. The Morgan fingerprint density at radius 3 is 2.40 bits per heavy atom. The van der Waals surface area contributed by atoms with Crippen molar-refractivity contribution in [3.8, 4) is 0 Å². The molecule has 0 radical (unpaired) electrons. The minimum absolute atomic E-state index is 0.444. The molecule has 0 aliphatic heterocycles. The van der Waals surface area contributed by atoms with Gasteiger partial charge in [0.25, 0.3) is 0 Å². The van der Waals surface area contributed by atoms with E-state index < -0.39 is 23.1 Å². The van der Waals surface area contributed by atoms with E-state index in [1.54, 1.807) is 6.92 Å². The third-order valence-electron chi connectivity index (χ3n) is 3.12. The molecule has 0 aliphatic rings. The van der Waals surface area contributed by atoms with E-state index in [1.165, 1.54) is 11.3 Å². The lowest BCUT2D eigenvalue weighted by Gasteiger charge is -2.10. The quantitative estimate of drug-likeness (QED) is 0.739. The van der Waals surface area contributed by atoms with Gasteiger partial charge in [-0.3, -0.25) is 9.97 Å². The van der Waals surface area contributed by atoms with E-state index in [1.807, 2.05) is 30.3 Å². The number of nitrogens with one attached hydrogen (secondary N) is 2. The predicted octanol–water partition coefficient (Wildman–Crippen LogP) is 1.05. The zero-order valence-corrected chi connectivity index (χ0v) is 11.4. The molecule has 0 amide bonds. The van der Waals surface area contributed by atoms with Gasteiger partial charge in [0.1, 0.15) is 0 Å². The van der Waals surface area contributed by atoms with Gasteiger partial charge >= 0.3 is 17.1 Å². The van der Waals surface area contributed by atoms with E-state index in [0.717, 1.165) is 19.5 Å². The molecule has 1 atom stereocenters. The van der Waals surface area contributed by atoms with Crippen LogP contribution in [0.3, 0.4) is 0 Å².